The number of nitrogens with one attached hydrogen (secondary N) is 1. The second kappa shape index (κ2) is 2.81. The third-order valence-electron chi connectivity index (χ3n) is 0.483. The van der Waals surface area contributed by atoms with E-state index in [0.717, 1.165) is 0 Å². The number of hydrogen-bond donors (Lipinski definition) is 2. The molecule has 5 heteroatoms. The molecule has 0 spiro atoms. The zero-order valence-corrected chi connectivity index (χ0v) is 4.48. The maximum atomic E-state index is 11.6. The normalized spacial score (nSPS) is 8.11. The van der Waals surface area contributed by atoms with E-state index in [1.807, 2.05) is 0 Å². The van der Waals surface area contributed by atoms with E-state index >= 15 is 0 Å². The largest absolute Gasteiger partial charge is 0.351 e. The molecule has 4 nitrogen and oxygen atoms in total. The van der Waals surface area contributed by atoms with Crippen LogP contribution in [0.25, 0.3) is 0 Å². The van der Waals surface area contributed by atoms with E-state index in [9.17, 15) is 14.0 Å². The Kier molecular flexibility index (Phi) is 2.37. The van der Waals surface area contributed by atoms with Gasteiger partial charge in [0.1, 0.15) is 0 Å². The first kappa shape index (κ1) is 7.61. The van der Waals surface area contributed by atoms with Gasteiger partial charge in [0, 0.05) is 0 Å². The molecule has 0 aromatic heterocycles. The van der Waals surface area contributed by atoms with Gasteiger partial charge in [0.2, 0.25) is 0 Å². The number of rotatable bonds is 1. The first-order chi connectivity index (χ1) is 4.04. The van der Waals surface area contributed by atoms with E-state index in [2.05, 4.69) is 12.3 Å². The van der Waals surface area contributed by atoms with Crippen molar-refractivity contribution in [1.82, 2.24) is 5.32 Å². The molecule has 0 aromatic rings. The minimum Gasteiger partial charge on any atom is -0.351 e. The number of halogens is 1. The van der Waals surface area contributed by atoms with Gasteiger partial charge in [-0.25, -0.2) is 9.18 Å². The first-order valence-electron chi connectivity index (χ1n) is 1.99. The smallest absolute Gasteiger partial charge is 0.319 e. The van der Waals surface area contributed by atoms with Gasteiger partial charge in [-0.1, -0.05) is 6.58 Å². The molecular weight excluding hydrogens is 127 g/mol. The molecule has 0 bridgehead atoms. The highest BCUT2D eigenvalue weighted by atomic mass is 19.1. The average molecular weight is 132 g/mol. The Labute approximate surface area is 50.5 Å². The average Bonchev–Trinajstić information content (AvgIpc) is 1.63. The summed E-state index contributed by atoms with van der Waals surface area (Å²) in [7, 11) is 0. The second-order valence-corrected chi connectivity index (χ2v) is 1.22. The van der Waals surface area contributed by atoms with Crippen LogP contribution in [0.1, 0.15) is 0 Å². The minimum atomic E-state index is -1.24. The second-order valence-electron chi connectivity index (χ2n) is 1.22. The third kappa shape index (κ3) is 3.22. The minimum absolute atomic E-state index is 1.10. The maximum absolute atomic E-state index is 11.6. The van der Waals surface area contributed by atoms with Crippen LogP contribution in [0.2, 0.25) is 0 Å². The Morgan fingerprint density at radius 2 is 2.00 bits per heavy atom. The van der Waals surface area contributed by atoms with Gasteiger partial charge in [0.25, 0.3) is 5.91 Å². The molecule has 0 radical (unpaired) electrons. The van der Waals surface area contributed by atoms with Crippen LogP contribution in [-0.2, 0) is 4.79 Å². The zero-order chi connectivity index (χ0) is 7.44. The van der Waals surface area contributed by atoms with Crippen LogP contribution in [0, 0.1) is 0 Å². The van der Waals surface area contributed by atoms with E-state index in [4.69, 9.17) is 0 Å². The van der Waals surface area contributed by atoms with Gasteiger partial charge in [-0.15, -0.1) is 0 Å². The number of primary amides is 1. The molecule has 0 aliphatic heterocycles. The molecule has 3 N–H and O–H groups in total. The molecule has 0 aromatic carbocycles. The van der Waals surface area contributed by atoms with Gasteiger partial charge in [0.15, 0.2) is 5.83 Å². The van der Waals surface area contributed by atoms with Gasteiger partial charge in [-0.05, 0) is 0 Å². The Morgan fingerprint density at radius 3 is 2.11 bits per heavy atom. The molecule has 3 amide bonds. The van der Waals surface area contributed by atoms with Gasteiger partial charge in [-0.2, -0.15) is 0 Å². The Hall–Kier alpha value is -1.39. The van der Waals surface area contributed by atoms with Crippen molar-refractivity contribution in [3.63, 3.8) is 0 Å². The van der Waals surface area contributed by atoms with E-state index in [1.54, 1.807) is 0 Å². The fraction of sp³-hybridized carbons (Fsp3) is 0. The van der Waals surface area contributed by atoms with Crippen molar-refractivity contribution in [2.75, 3.05) is 0 Å². The number of carbonyl (C=O) groups excluding carboxylic acids is 2. The van der Waals surface area contributed by atoms with E-state index in [-0.39, 0.29) is 0 Å². The van der Waals surface area contributed by atoms with Gasteiger partial charge < -0.3 is 5.73 Å². The molecule has 0 unspecified atom stereocenters. The van der Waals surface area contributed by atoms with Crippen LogP contribution in [0.3, 0.4) is 0 Å². The molecule has 0 saturated carbocycles. The molecule has 0 rings (SSSR count). The fourth-order valence-electron chi connectivity index (χ4n) is 0.180. The monoisotopic (exact) mass is 132 g/mol. The Morgan fingerprint density at radius 1 is 1.56 bits per heavy atom. The molecule has 0 aliphatic carbocycles. The summed E-state index contributed by atoms with van der Waals surface area (Å²) in [5, 5.41) is 1.47. The van der Waals surface area contributed by atoms with Crippen LogP contribution in [0.5, 0.6) is 0 Å². The highest BCUT2D eigenvalue weighted by molar-refractivity contribution is 6.01. The molecule has 0 atom stereocenters. The molecular formula is C4H5FN2O2. The lowest BCUT2D eigenvalue weighted by Gasteiger charge is -1.93. The van der Waals surface area contributed by atoms with E-state index < -0.39 is 17.8 Å². The van der Waals surface area contributed by atoms with Crippen LogP contribution < -0.4 is 11.1 Å². The number of amides is 3. The number of nitrogens with two attached hydrogens (primary N) is 1. The predicted molar refractivity (Wildman–Crippen MR) is 28.0 cm³/mol. The standard InChI is InChI=1S/C4H5FN2O2/c1-2(5)3(8)7-4(6)9/h1H2,(H3,6,7,8,9). The summed E-state index contributed by atoms with van der Waals surface area (Å²) in [5.41, 5.74) is 4.45. The topological polar surface area (TPSA) is 72.2 Å². The quantitative estimate of drug-likeness (QED) is 0.479. The van der Waals surface area contributed by atoms with Crippen LogP contribution in [0.15, 0.2) is 12.4 Å². The molecule has 9 heavy (non-hydrogen) atoms. The Balaban J connectivity index is 3.79. The summed E-state index contributed by atoms with van der Waals surface area (Å²) in [6, 6.07) is -1.10. The molecule has 50 valence electrons. The lowest BCUT2D eigenvalue weighted by molar-refractivity contribution is -0.117. The molecule has 0 aliphatic rings. The summed E-state index contributed by atoms with van der Waals surface area (Å²) in [6.45, 7) is 2.62. The summed E-state index contributed by atoms with van der Waals surface area (Å²) in [6.07, 6.45) is 0. The fourth-order valence-corrected chi connectivity index (χ4v) is 0.180. The van der Waals surface area contributed by atoms with E-state index in [0.29, 0.717) is 0 Å². The first-order valence-corrected chi connectivity index (χ1v) is 1.99. The van der Waals surface area contributed by atoms with Crippen molar-refractivity contribution >= 4 is 11.9 Å². The molecule has 0 fully saturated rings. The SMILES string of the molecule is C=C(F)C(=O)NC(N)=O. The van der Waals surface area contributed by atoms with Gasteiger partial charge in [0.05, 0.1) is 0 Å². The highest BCUT2D eigenvalue weighted by Gasteiger charge is 2.06. The van der Waals surface area contributed by atoms with Gasteiger partial charge >= 0.3 is 6.03 Å². The zero-order valence-electron chi connectivity index (χ0n) is 4.48. The lowest BCUT2D eigenvalue weighted by atomic mass is 10.5. The van der Waals surface area contributed by atoms with Crippen molar-refractivity contribution in [3.05, 3.63) is 12.4 Å². The van der Waals surface area contributed by atoms with Crippen molar-refractivity contribution in [3.8, 4) is 0 Å². The summed E-state index contributed by atoms with van der Waals surface area (Å²) in [5.74, 6) is -2.45. The van der Waals surface area contributed by atoms with Crippen LogP contribution >= 0.6 is 0 Å². The van der Waals surface area contributed by atoms with Gasteiger partial charge in [-0.3, -0.25) is 10.1 Å². The maximum Gasteiger partial charge on any atom is 0.319 e. The number of carbonyl (C=O) groups is 2. The number of hydrogen-bond acceptors (Lipinski definition) is 2. The van der Waals surface area contributed by atoms with Crippen LogP contribution in [-0.4, -0.2) is 11.9 Å². The van der Waals surface area contributed by atoms with E-state index in [1.165, 1.54) is 5.32 Å². The lowest BCUT2D eigenvalue weighted by Crippen LogP contribution is -2.34. The number of imide groups is 1. The highest BCUT2D eigenvalue weighted by Crippen LogP contribution is 1.87. The van der Waals surface area contributed by atoms with Crippen molar-refractivity contribution < 1.29 is 14.0 Å². The molecule has 0 heterocycles. The predicted octanol–water partition coefficient (Wildman–Crippen LogP) is -0.336. The van der Waals surface area contributed by atoms with Crippen molar-refractivity contribution in [2.24, 2.45) is 5.73 Å². The number of urea groups is 1. The van der Waals surface area contributed by atoms with Crippen molar-refractivity contribution in [1.29, 1.82) is 0 Å². The Bertz CT molecular complexity index is 166. The van der Waals surface area contributed by atoms with Crippen LogP contribution in [0.4, 0.5) is 9.18 Å². The summed E-state index contributed by atoms with van der Waals surface area (Å²) < 4.78 is 11.6. The third-order valence-corrected chi connectivity index (χ3v) is 0.483. The molecule has 0 saturated heterocycles. The summed E-state index contributed by atoms with van der Waals surface area (Å²) >= 11 is 0. The summed E-state index contributed by atoms with van der Waals surface area (Å²) in [4.78, 5) is 19.9. The van der Waals surface area contributed by atoms with Crippen molar-refractivity contribution in [2.45, 2.75) is 0 Å².